The van der Waals surface area contributed by atoms with Gasteiger partial charge < -0.3 is 14.8 Å². The minimum Gasteiger partial charge on any atom is -0.497 e. The molecule has 1 aromatic carbocycles. The van der Waals surface area contributed by atoms with Crippen LogP contribution in [0, 0.1) is 0 Å². The predicted octanol–water partition coefficient (Wildman–Crippen LogP) is 1.59. The van der Waals surface area contributed by atoms with Gasteiger partial charge in [-0.2, -0.15) is 0 Å². The maximum absolute atomic E-state index is 12.4. The summed E-state index contributed by atoms with van der Waals surface area (Å²) in [7, 11) is 1.64. The van der Waals surface area contributed by atoms with E-state index in [0.29, 0.717) is 6.61 Å². The second kappa shape index (κ2) is 8.00. The van der Waals surface area contributed by atoms with Crippen molar-refractivity contribution in [2.45, 2.75) is 19.4 Å². The van der Waals surface area contributed by atoms with Crippen LogP contribution in [0.5, 0.6) is 5.75 Å². The quantitative estimate of drug-likeness (QED) is 0.835. The smallest absolute Gasteiger partial charge is 0.328 e. The molecule has 21 heavy (non-hydrogen) atoms. The molecule has 0 radical (unpaired) electrons. The van der Waals surface area contributed by atoms with Crippen LogP contribution in [0.15, 0.2) is 24.3 Å². The summed E-state index contributed by atoms with van der Waals surface area (Å²) in [4.78, 5) is 14.6. The van der Waals surface area contributed by atoms with Crippen molar-refractivity contribution in [3.8, 4) is 5.75 Å². The van der Waals surface area contributed by atoms with Gasteiger partial charge in [-0.3, -0.25) is 4.90 Å². The van der Waals surface area contributed by atoms with E-state index in [0.717, 1.165) is 43.9 Å². The third-order valence-corrected chi connectivity index (χ3v) is 3.68. The van der Waals surface area contributed by atoms with Gasteiger partial charge in [-0.05, 0) is 37.6 Å². The van der Waals surface area contributed by atoms with E-state index >= 15 is 0 Å². The van der Waals surface area contributed by atoms with Crippen LogP contribution in [-0.4, -0.2) is 50.8 Å². The number of carbonyl (C=O) groups excluding carboxylic acids is 1. The molecule has 5 nitrogen and oxygen atoms in total. The highest BCUT2D eigenvalue weighted by Gasteiger charge is 2.29. The summed E-state index contributed by atoms with van der Waals surface area (Å²) in [6.45, 7) is 5.86. The lowest BCUT2D eigenvalue weighted by molar-refractivity contribution is -0.149. The van der Waals surface area contributed by atoms with Gasteiger partial charge >= 0.3 is 5.97 Å². The Balaban J connectivity index is 2.22. The molecule has 1 fully saturated rings. The van der Waals surface area contributed by atoms with Crippen molar-refractivity contribution in [3.63, 3.8) is 0 Å². The van der Waals surface area contributed by atoms with Crippen molar-refractivity contribution in [3.05, 3.63) is 29.8 Å². The van der Waals surface area contributed by atoms with Gasteiger partial charge in [0.1, 0.15) is 11.8 Å². The maximum Gasteiger partial charge on any atom is 0.328 e. The zero-order chi connectivity index (χ0) is 15.1. The van der Waals surface area contributed by atoms with E-state index in [-0.39, 0.29) is 12.0 Å². The van der Waals surface area contributed by atoms with Gasteiger partial charge in [0.25, 0.3) is 0 Å². The molecular formula is C16H24N2O3. The Bertz CT molecular complexity index is 439. The molecule has 0 spiro atoms. The zero-order valence-electron chi connectivity index (χ0n) is 12.8. The number of benzene rings is 1. The molecule has 0 saturated carbocycles. The van der Waals surface area contributed by atoms with Crippen LogP contribution in [0.25, 0.3) is 0 Å². The summed E-state index contributed by atoms with van der Waals surface area (Å²) in [5.74, 6) is 0.614. The number of ether oxygens (including phenoxy) is 2. The van der Waals surface area contributed by atoms with Gasteiger partial charge in [0.2, 0.25) is 0 Å². The number of carbonyl (C=O) groups is 1. The van der Waals surface area contributed by atoms with Crippen molar-refractivity contribution in [2.24, 2.45) is 0 Å². The summed E-state index contributed by atoms with van der Waals surface area (Å²) in [6, 6.07) is 7.32. The second-order valence-corrected chi connectivity index (χ2v) is 5.07. The van der Waals surface area contributed by atoms with E-state index < -0.39 is 0 Å². The van der Waals surface area contributed by atoms with Crippen molar-refractivity contribution < 1.29 is 14.3 Å². The molecule has 1 saturated heterocycles. The van der Waals surface area contributed by atoms with Gasteiger partial charge in [0.15, 0.2) is 0 Å². The first-order valence-electron chi connectivity index (χ1n) is 7.51. The van der Waals surface area contributed by atoms with Crippen LogP contribution in [-0.2, 0) is 9.53 Å². The van der Waals surface area contributed by atoms with E-state index in [1.807, 2.05) is 31.2 Å². The Hall–Kier alpha value is -1.59. The molecule has 2 rings (SSSR count). The Labute approximate surface area is 126 Å². The predicted molar refractivity (Wildman–Crippen MR) is 81.4 cm³/mol. The topological polar surface area (TPSA) is 50.8 Å². The van der Waals surface area contributed by atoms with Crippen molar-refractivity contribution in [1.82, 2.24) is 10.2 Å². The molecule has 1 unspecified atom stereocenters. The second-order valence-electron chi connectivity index (χ2n) is 5.07. The molecule has 1 N–H and O–H groups in total. The monoisotopic (exact) mass is 292 g/mol. The van der Waals surface area contributed by atoms with Gasteiger partial charge in [-0.15, -0.1) is 0 Å². The van der Waals surface area contributed by atoms with E-state index in [1.165, 1.54) is 0 Å². The van der Waals surface area contributed by atoms with E-state index in [2.05, 4.69) is 10.2 Å². The fourth-order valence-corrected chi connectivity index (χ4v) is 2.63. The number of nitrogens with zero attached hydrogens (tertiary/aromatic N) is 1. The molecule has 5 heteroatoms. The molecule has 1 aliphatic rings. The minimum atomic E-state index is -0.337. The summed E-state index contributed by atoms with van der Waals surface area (Å²) in [5, 5.41) is 3.36. The normalized spacial score (nSPS) is 17.8. The lowest BCUT2D eigenvalue weighted by Gasteiger charge is -2.29. The summed E-state index contributed by atoms with van der Waals surface area (Å²) >= 11 is 0. The van der Waals surface area contributed by atoms with Crippen molar-refractivity contribution in [1.29, 1.82) is 0 Å². The average Bonchev–Trinajstić information content (AvgIpc) is 2.78. The molecule has 0 aliphatic carbocycles. The van der Waals surface area contributed by atoms with Gasteiger partial charge in [0.05, 0.1) is 13.7 Å². The first-order chi connectivity index (χ1) is 10.3. The third kappa shape index (κ3) is 4.19. The van der Waals surface area contributed by atoms with Crippen LogP contribution in [0.2, 0.25) is 0 Å². The molecule has 1 aromatic rings. The highest BCUT2D eigenvalue weighted by atomic mass is 16.5. The van der Waals surface area contributed by atoms with Gasteiger partial charge in [-0.25, -0.2) is 4.79 Å². The molecule has 1 aliphatic heterocycles. The Kier molecular flexibility index (Phi) is 6.02. The number of esters is 1. The molecule has 1 heterocycles. The van der Waals surface area contributed by atoms with Crippen LogP contribution >= 0.6 is 0 Å². The first kappa shape index (κ1) is 15.8. The number of methoxy groups -OCH3 is 1. The minimum absolute atomic E-state index is 0.176. The molecule has 0 amide bonds. The SMILES string of the molecule is CCOC(=O)C(c1ccc(OC)cc1)N1CCCNCC1. The van der Waals surface area contributed by atoms with Gasteiger partial charge in [-0.1, -0.05) is 12.1 Å². The number of nitrogens with one attached hydrogen (secondary N) is 1. The number of rotatable bonds is 5. The Morgan fingerprint density at radius 3 is 2.71 bits per heavy atom. The maximum atomic E-state index is 12.4. The standard InChI is InChI=1S/C16H24N2O3/c1-3-21-16(19)15(18-11-4-9-17-10-12-18)13-5-7-14(20-2)8-6-13/h5-8,15,17H,3-4,9-12H2,1-2H3. The summed E-state index contributed by atoms with van der Waals surface area (Å²) < 4.78 is 10.5. The summed E-state index contributed by atoms with van der Waals surface area (Å²) in [6.07, 6.45) is 1.03. The van der Waals surface area contributed by atoms with Crippen LogP contribution in [0.3, 0.4) is 0 Å². The van der Waals surface area contributed by atoms with E-state index in [4.69, 9.17) is 9.47 Å². The highest BCUT2D eigenvalue weighted by Crippen LogP contribution is 2.25. The largest absolute Gasteiger partial charge is 0.497 e. The fourth-order valence-electron chi connectivity index (χ4n) is 2.63. The average molecular weight is 292 g/mol. The zero-order valence-corrected chi connectivity index (χ0v) is 12.8. The lowest BCUT2D eigenvalue weighted by Crippen LogP contribution is -2.37. The van der Waals surface area contributed by atoms with Crippen molar-refractivity contribution >= 4 is 5.97 Å². The molecule has 116 valence electrons. The Morgan fingerprint density at radius 2 is 2.05 bits per heavy atom. The van der Waals surface area contributed by atoms with Crippen LogP contribution in [0.4, 0.5) is 0 Å². The molecular weight excluding hydrogens is 268 g/mol. The number of hydrogen-bond donors (Lipinski definition) is 1. The molecule has 0 bridgehead atoms. The highest BCUT2D eigenvalue weighted by molar-refractivity contribution is 5.77. The first-order valence-corrected chi connectivity index (χ1v) is 7.51. The number of hydrogen-bond acceptors (Lipinski definition) is 5. The van der Waals surface area contributed by atoms with Crippen LogP contribution < -0.4 is 10.1 Å². The van der Waals surface area contributed by atoms with Crippen LogP contribution in [0.1, 0.15) is 24.9 Å². The van der Waals surface area contributed by atoms with Gasteiger partial charge in [0, 0.05) is 19.6 Å². The van der Waals surface area contributed by atoms with E-state index in [9.17, 15) is 4.79 Å². The molecule has 0 aromatic heterocycles. The van der Waals surface area contributed by atoms with E-state index in [1.54, 1.807) is 7.11 Å². The molecule has 1 atom stereocenters. The Morgan fingerprint density at radius 1 is 1.29 bits per heavy atom. The lowest BCUT2D eigenvalue weighted by atomic mass is 10.0. The summed E-state index contributed by atoms with van der Waals surface area (Å²) in [5.41, 5.74) is 0.955. The van der Waals surface area contributed by atoms with Crippen molar-refractivity contribution in [2.75, 3.05) is 39.9 Å². The fraction of sp³-hybridized carbons (Fsp3) is 0.562. The third-order valence-electron chi connectivity index (χ3n) is 3.68.